The third-order valence-electron chi connectivity index (χ3n) is 1.87. The number of rotatable bonds is 4. The van der Waals surface area contributed by atoms with Crippen LogP contribution in [0.4, 0.5) is 0 Å². The maximum absolute atomic E-state index is 11.8. The first-order valence-corrected chi connectivity index (χ1v) is 6.52. The van der Waals surface area contributed by atoms with Gasteiger partial charge in [0.15, 0.2) is 0 Å². The molecule has 0 heterocycles. The van der Waals surface area contributed by atoms with Gasteiger partial charge in [0.2, 0.25) is 0 Å². The van der Waals surface area contributed by atoms with Gasteiger partial charge in [0.05, 0.1) is 12.2 Å². The van der Waals surface area contributed by atoms with Crippen LogP contribution in [0.15, 0.2) is 27.1 Å². The van der Waals surface area contributed by atoms with Crippen molar-refractivity contribution in [2.24, 2.45) is 0 Å². The Labute approximate surface area is 116 Å². The fraction of sp³-hybridized carbons (Fsp3) is 0.273. The summed E-state index contributed by atoms with van der Waals surface area (Å²) in [6.07, 6.45) is 0. The standard InChI is InChI=1S/C11H11Br2NO3/c1-2-17-10(15)6-14-11(16)8-5-7(12)3-4-9(8)13/h3-5H,2,6H2,1H3,(H,14,16). The number of ether oxygens (including phenoxy) is 1. The van der Waals surface area contributed by atoms with Gasteiger partial charge in [0.1, 0.15) is 6.54 Å². The molecule has 0 bridgehead atoms. The first-order chi connectivity index (χ1) is 8.04. The van der Waals surface area contributed by atoms with E-state index in [0.29, 0.717) is 16.6 Å². The molecular formula is C11H11Br2NO3. The van der Waals surface area contributed by atoms with Crippen LogP contribution in [0.5, 0.6) is 0 Å². The summed E-state index contributed by atoms with van der Waals surface area (Å²) in [5.41, 5.74) is 0.462. The number of carbonyl (C=O) groups excluding carboxylic acids is 2. The number of amides is 1. The molecule has 0 aliphatic carbocycles. The average Bonchev–Trinajstić information content (AvgIpc) is 2.29. The molecule has 0 radical (unpaired) electrons. The van der Waals surface area contributed by atoms with E-state index in [4.69, 9.17) is 4.74 Å². The highest BCUT2D eigenvalue weighted by Gasteiger charge is 2.12. The second-order valence-electron chi connectivity index (χ2n) is 3.11. The molecule has 1 amide bonds. The number of halogens is 2. The number of hydrogen-bond donors (Lipinski definition) is 1. The summed E-state index contributed by atoms with van der Waals surface area (Å²) in [5.74, 6) is -0.779. The lowest BCUT2D eigenvalue weighted by Crippen LogP contribution is -2.30. The first kappa shape index (κ1) is 14.2. The van der Waals surface area contributed by atoms with Crippen LogP contribution in [0.25, 0.3) is 0 Å². The number of esters is 1. The molecule has 1 N–H and O–H groups in total. The molecule has 0 atom stereocenters. The van der Waals surface area contributed by atoms with Gasteiger partial charge in [-0.2, -0.15) is 0 Å². The van der Waals surface area contributed by atoms with Crippen molar-refractivity contribution in [2.45, 2.75) is 6.92 Å². The Kier molecular flexibility index (Phi) is 5.64. The van der Waals surface area contributed by atoms with Crippen molar-refractivity contribution in [2.75, 3.05) is 13.2 Å². The Balaban J connectivity index is 2.64. The largest absolute Gasteiger partial charge is 0.465 e. The summed E-state index contributed by atoms with van der Waals surface area (Å²) < 4.78 is 6.17. The monoisotopic (exact) mass is 363 g/mol. The molecule has 6 heteroatoms. The fourth-order valence-corrected chi connectivity index (χ4v) is 1.92. The van der Waals surface area contributed by atoms with Gasteiger partial charge < -0.3 is 10.1 Å². The zero-order chi connectivity index (χ0) is 12.8. The van der Waals surface area contributed by atoms with E-state index in [1.54, 1.807) is 19.1 Å². The lowest BCUT2D eigenvalue weighted by atomic mass is 10.2. The maximum atomic E-state index is 11.8. The summed E-state index contributed by atoms with van der Waals surface area (Å²) in [6.45, 7) is 1.88. The highest BCUT2D eigenvalue weighted by Crippen LogP contribution is 2.21. The third kappa shape index (κ3) is 4.47. The zero-order valence-electron chi connectivity index (χ0n) is 9.13. The van der Waals surface area contributed by atoms with Crippen LogP contribution in [-0.2, 0) is 9.53 Å². The quantitative estimate of drug-likeness (QED) is 0.835. The molecule has 1 aromatic carbocycles. The molecule has 0 saturated heterocycles. The molecule has 0 saturated carbocycles. The number of carbonyl (C=O) groups is 2. The first-order valence-electron chi connectivity index (χ1n) is 4.93. The van der Waals surface area contributed by atoms with Gasteiger partial charge in [-0.15, -0.1) is 0 Å². The van der Waals surface area contributed by atoms with Crippen molar-refractivity contribution in [1.82, 2.24) is 5.32 Å². The smallest absolute Gasteiger partial charge is 0.325 e. The molecule has 1 aromatic rings. The third-order valence-corrected chi connectivity index (χ3v) is 3.06. The fourth-order valence-electron chi connectivity index (χ4n) is 1.13. The van der Waals surface area contributed by atoms with Crippen LogP contribution in [0.3, 0.4) is 0 Å². The van der Waals surface area contributed by atoms with E-state index in [0.717, 1.165) is 4.47 Å². The van der Waals surface area contributed by atoms with Crippen LogP contribution in [0.2, 0.25) is 0 Å². The molecule has 0 aromatic heterocycles. The minimum atomic E-state index is -0.452. The van der Waals surface area contributed by atoms with Crippen LogP contribution in [0.1, 0.15) is 17.3 Å². The van der Waals surface area contributed by atoms with E-state index >= 15 is 0 Å². The lowest BCUT2D eigenvalue weighted by Gasteiger charge is -2.07. The molecule has 92 valence electrons. The summed E-state index contributed by atoms with van der Waals surface area (Å²) in [5, 5.41) is 2.49. The minimum absolute atomic E-state index is 0.133. The summed E-state index contributed by atoms with van der Waals surface area (Å²) >= 11 is 6.55. The Morgan fingerprint density at radius 3 is 2.71 bits per heavy atom. The highest BCUT2D eigenvalue weighted by atomic mass is 79.9. The second-order valence-corrected chi connectivity index (χ2v) is 4.88. The van der Waals surface area contributed by atoms with Gasteiger partial charge in [0.25, 0.3) is 5.91 Å². The minimum Gasteiger partial charge on any atom is -0.465 e. The number of hydrogen-bond acceptors (Lipinski definition) is 3. The highest BCUT2D eigenvalue weighted by molar-refractivity contribution is 9.11. The normalized spacial score (nSPS) is 9.82. The van der Waals surface area contributed by atoms with Crippen molar-refractivity contribution < 1.29 is 14.3 Å². The van der Waals surface area contributed by atoms with Gasteiger partial charge in [-0.1, -0.05) is 15.9 Å². The molecule has 0 aliphatic heterocycles. The maximum Gasteiger partial charge on any atom is 0.325 e. The molecule has 17 heavy (non-hydrogen) atoms. The molecule has 0 spiro atoms. The molecule has 0 unspecified atom stereocenters. The van der Waals surface area contributed by atoms with Gasteiger partial charge in [-0.3, -0.25) is 9.59 Å². The topological polar surface area (TPSA) is 55.4 Å². The van der Waals surface area contributed by atoms with Crippen molar-refractivity contribution in [3.8, 4) is 0 Å². The molecule has 4 nitrogen and oxygen atoms in total. The average molecular weight is 365 g/mol. The summed E-state index contributed by atoms with van der Waals surface area (Å²) in [7, 11) is 0. The van der Waals surface area contributed by atoms with Crippen molar-refractivity contribution >= 4 is 43.7 Å². The summed E-state index contributed by atoms with van der Waals surface area (Å²) in [6, 6.07) is 5.24. The molecule has 0 aliphatic rings. The van der Waals surface area contributed by atoms with E-state index in [2.05, 4.69) is 37.2 Å². The SMILES string of the molecule is CCOC(=O)CNC(=O)c1cc(Br)ccc1Br. The predicted octanol–water partition coefficient (Wildman–Crippen LogP) is 2.50. The Morgan fingerprint density at radius 2 is 2.06 bits per heavy atom. The molecular weight excluding hydrogens is 354 g/mol. The second kappa shape index (κ2) is 6.76. The Hall–Kier alpha value is -0.880. The van der Waals surface area contributed by atoms with E-state index in [-0.39, 0.29) is 12.5 Å². The van der Waals surface area contributed by atoms with Crippen molar-refractivity contribution in [3.05, 3.63) is 32.7 Å². The lowest BCUT2D eigenvalue weighted by molar-refractivity contribution is -0.141. The zero-order valence-corrected chi connectivity index (χ0v) is 12.3. The molecule has 1 rings (SSSR count). The summed E-state index contributed by atoms with van der Waals surface area (Å²) in [4.78, 5) is 22.8. The van der Waals surface area contributed by atoms with Crippen molar-refractivity contribution in [3.63, 3.8) is 0 Å². The van der Waals surface area contributed by atoms with E-state index < -0.39 is 5.97 Å². The molecule has 0 fully saturated rings. The van der Waals surface area contributed by atoms with Gasteiger partial charge in [-0.05, 0) is 41.1 Å². The number of nitrogens with one attached hydrogen (secondary N) is 1. The van der Waals surface area contributed by atoms with E-state index in [9.17, 15) is 9.59 Å². The van der Waals surface area contributed by atoms with Crippen LogP contribution < -0.4 is 5.32 Å². The van der Waals surface area contributed by atoms with Gasteiger partial charge in [0, 0.05) is 8.95 Å². The Morgan fingerprint density at radius 1 is 1.35 bits per heavy atom. The van der Waals surface area contributed by atoms with Gasteiger partial charge >= 0.3 is 5.97 Å². The van der Waals surface area contributed by atoms with Crippen molar-refractivity contribution in [1.29, 1.82) is 0 Å². The number of benzene rings is 1. The van der Waals surface area contributed by atoms with Crippen LogP contribution in [0, 0.1) is 0 Å². The van der Waals surface area contributed by atoms with E-state index in [1.807, 2.05) is 6.07 Å². The van der Waals surface area contributed by atoms with E-state index in [1.165, 1.54) is 0 Å². The Bertz CT molecular complexity index is 435. The van der Waals surface area contributed by atoms with Crippen LogP contribution in [-0.4, -0.2) is 25.0 Å². The van der Waals surface area contributed by atoms with Crippen LogP contribution >= 0.6 is 31.9 Å². The van der Waals surface area contributed by atoms with Gasteiger partial charge in [-0.25, -0.2) is 0 Å². The predicted molar refractivity (Wildman–Crippen MR) is 70.8 cm³/mol.